The number of hydrogen-bond donors (Lipinski definition) is 0. The summed E-state index contributed by atoms with van der Waals surface area (Å²) in [5, 5.41) is 3.63. The van der Waals surface area contributed by atoms with Crippen LogP contribution in [0, 0.1) is 0 Å². The molecule has 1 atom stereocenters. The monoisotopic (exact) mass is 402 g/mol. The van der Waals surface area contributed by atoms with Crippen LogP contribution < -0.4 is 0 Å². The molecule has 0 saturated heterocycles. The van der Waals surface area contributed by atoms with E-state index >= 15 is 0 Å². The maximum Gasteiger partial charge on any atom is 0.0210 e. The quantitative estimate of drug-likeness (QED) is 0.447. The molecule has 0 heterocycles. The van der Waals surface area contributed by atoms with Gasteiger partial charge in [-0.3, -0.25) is 0 Å². The van der Waals surface area contributed by atoms with Crippen LogP contribution in [0.25, 0.3) is 10.8 Å². The Kier molecular flexibility index (Phi) is 4.77. The second-order valence-electron chi connectivity index (χ2n) is 5.22. The summed E-state index contributed by atoms with van der Waals surface area (Å²) in [7, 11) is 0. The maximum atomic E-state index is 3.69. The predicted octanol–water partition coefficient (Wildman–Crippen LogP) is 6.32. The van der Waals surface area contributed by atoms with Gasteiger partial charge in [0.05, 0.1) is 0 Å². The number of alkyl halides is 1. The van der Waals surface area contributed by atoms with Gasteiger partial charge in [-0.05, 0) is 40.3 Å². The summed E-state index contributed by atoms with van der Waals surface area (Å²) >= 11 is 7.37. The minimum atomic E-state index is 0.464. The van der Waals surface area contributed by atoms with Gasteiger partial charge in [-0.2, -0.15) is 0 Å². The zero-order valence-corrected chi connectivity index (χ0v) is 14.8. The summed E-state index contributed by atoms with van der Waals surface area (Å²) in [6.45, 7) is 0. The lowest BCUT2D eigenvalue weighted by Gasteiger charge is -2.17. The molecule has 2 heteroatoms. The summed E-state index contributed by atoms with van der Waals surface area (Å²) in [5.41, 5.74) is 2.77. The van der Waals surface area contributed by atoms with Crippen molar-refractivity contribution in [1.82, 2.24) is 0 Å². The molecule has 3 aromatic rings. The van der Waals surface area contributed by atoms with Crippen LogP contribution in [0.3, 0.4) is 0 Å². The van der Waals surface area contributed by atoms with Gasteiger partial charge in [0.15, 0.2) is 0 Å². The van der Waals surface area contributed by atoms with E-state index in [1.807, 2.05) is 0 Å². The maximum absolute atomic E-state index is 3.69. The van der Waals surface area contributed by atoms with E-state index in [4.69, 9.17) is 0 Å². The lowest BCUT2D eigenvalue weighted by molar-refractivity contribution is 0.776. The Morgan fingerprint density at radius 3 is 2.33 bits per heavy atom. The smallest absolute Gasteiger partial charge is 0.0210 e. The zero-order chi connectivity index (χ0) is 14.7. The van der Waals surface area contributed by atoms with Crippen molar-refractivity contribution in [3.05, 3.63) is 82.3 Å². The van der Waals surface area contributed by atoms with Crippen LogP contribution in [-0.4, -0.2) is 5.33 Å². The Bertz CT molecular complexity index is 744. The summed E-state index contributed by atoms with van der Waals surface area (Å²) < 4.78 is 1.19. The van der Waals surface area contributed by atoms with Crippen molar-refractivity contribution < 1.29 is 0 Å². The van der Waals surface area contributed by atoms with Crippen LogP contribution in [0.1, 0.15) is 17.0 Å². The van der Waals surface area contributed by atoms with Crippen LogP contribution in [0.4, 0.5) is 0 Å². The van der Waals surface area contributed by atoms with Gasteiger partial charge in [-0.1, -0.05) is 92.5 Å². The van der Waals surface area contributed by atoms with Crippen molar-refractivity contribution in [3.8, 4) is 0 Å². The zero-order valence-electron chi connectivity index (χ0n) is 11.6. The molecule has 0 bridgehead atoms. The van der Waals surface area contributed by atoms with Crippen LogP contribution in [0.15, 0.2) is 71.2 Å². The normalized spacial score (nSPS) is 12.5. The lowest BCUT2D eigenvalue weighted by atomic mass is 9.91. The van der Waals surface area contributed by atoms with E-state index in [-0.39, 0.29) is 0 Å². The third kappa shape index (κ3) is 3.22. The Balaban J connectivity index is 1.98. The number of hydrogen-bond acceptors (Lipinski definition) is 0. The molecule has 0 aliphatic carbocycles. The van der Waals surface area contributed by atoms with Gasteiger partial charge in [0.1, 0.15) is 0 Å². The molecule has 21 heavy (non-hydrogen) atoms. The third-order valence-corrected chi connectivity index (χ3v) is 5.38. The molecule has 0 amide bonds. The molecular weight excluding hydrogens is 388 g/mol. The molecular formula is C19H16Br2. The molecule has 0 N–H and O–H groups in total. The van der Waals surface area contributed by atoms with E-state index in [9.17, 15) is 0 Å². The molecule has 0 aliphatic rings. The molecule has 3 aromatic carbocycles. The summed E-state index contributed by atoms with van der Waals surface area (Å²) in [4.78, 5) is 0. The van der Waals surface area contributed by atoms with Crippen LogP contribution in [-0.2, 0) is 6.42 Å². The molecule has 0 saturated carbocycles. The van der Waals surface area contributed by atoms with E-state index < -0.39 is 0 Å². The highest BCUT2D eigenvalue weighted by Crippen LogP contribution is 2.31. The highest BCUT2D eigenvalue weighted by molar-refractivity contribution is 9.10. The van der Waals surface area contributed by atoms with Crippen molar-refractivity contribution in [2.24, 2.45) is 0 Å². The standard InChI is InChI=1S/C19H16Br2/c20-13-16(18-10-3-4-11-19(18)21)12-15-8-5-7-14-6-1-2-9-17(14)15/h1-11,16H,12-13H2. The summed E-state index contributed by atoms with van der Waals surface area (Å²) in [6.07, 6.45) is 1.04. The topological polar surface area (TPSA) is 0 Å². The highest BCUT2D eigenvalue weighted by atomic mass is 79.9. The Labute approximate surface area is 142 Å². The number of rotatable bonds is 4. The fraction of sp³-hybridized carbons (Fsp3) is 0.158. The first-order valence-electron chi connectivity index (χ1n) is 7.06. The molecule has 0 aliphatic heterocycles. The average Bonchev–Trinajstić information content (AvgIpc) is 2.53. The van der Waals surface area contributed by atoms with Crippen molar-refractivity contribution in [3.63, 3.8) is 0 Å². The van der Waals surface area contributed by atoms with Crippen molar-refractivity contribution in [2.45, 2.75) is 12.3 Å². The minimum Gasteiger partial charge on any atom is -0.0921 e. The Morgan fingerprint density at radius 2 is 1.52 bits per heavy atom. The van der Waals surface area contributed by atoms with Crippen LogP contribution in [0.5, 0.6) is 0 Å². The second kappa shape index (κ2) is 6.76. The molecule has 0 fully saturated rings. The first-order chi connectivity index (χ1) is 10.3. The molecule has 0 spiro atoms. The van der Waals surface area contributed by atoms with Gasteiger partial charge < -0.3 is 0 Å². The van der Waals surface area contributed by atoms with Crippen molar-refractivity contribution >= 4 is 42.6 Å². The van der Waals surface area contributed by atoms with E-state index in [1.165, 1.54) is 26.4 Å². The van der Waals surface area contributed by atoms with E-state index in [0.717, 1.165) is 11.8 Å². The first-order valence-corrected chi connectivity index (χ1v) is 8.98. The number of benzene rings is 3. The number of halogens is 2. The van der Waals surface area contributed by atoms with Crippen LogP contribution >= 0.6 is 31.9 Å². The second-order valence-corrected chi connectivity index (χ2v) is 6.72. The number of fused-ring (bicyclic) bond motifs is 1. The van der Waals surface area contributed by atoms with Crippen molar-refractivity contribution in [2.75, 3.05) is 5.33 Å². The largest absolute Gasteiger partial charge is 0.0921 e. The van der Waals surface area contributed by atoms with E-state index in [2.05, 4.69) is 98.6 Å². The molecule has 0 aromatic heterocycles. The molecule has 0 radical (unpaired) electrons. The minimum absolute atomic E-state index is 0.464. The van der Waals surface area contributed by atoms with E-state index in [0.29, 0.717) is 5.92 Å². The van der Waals surface area contributed by atoms with Gasteiger partial charge in [-0.25, -0.2) is 0 Å². The molecule has 3 rings (SSSR count). The van der Waals surface area contributed by atoms with Gasteiger partial charge in [0, 0.05) is 9.80 Å². The third-order valence-electron chi connectivity index (χ3n) is 3.88. The molecule has 106 valence electrons. The van der Waals surface area contributed by atoms with Crippen LogP contribution in [0.2, 0.25) is 0 Å². The Morgan fingerprint density at radius 1 is 0.810 bits per heavy atom. The fourth-order valence-electron chi connectivity index (χ4n) is 2.79. The predicted molar refractivity (Wildman–Crippen MR) is 98.3 cm³/mol. The average molecular weight is 404 g/mol. The first kappa shape index (κ1) is 14.8. The van der Waals surface area contributed by atoms with Gasteiger partial charge in [0.25, 0.3) is 0 Å². The van der Waals surface area contributed by atoms with Gasteiger partial charge in [-0.15, -0.1) is 0 Å². The fourth-order valence-corrected chi connectivity index (χ4v) is 3.98. The molecule has 1 unspecified atom stereocenters. The summed E-state index contributed by atoms with van der Waals surface area (Å²) in [5.74, 6) is 0.464. The lowest BCUT2D eigenvalue weighted by Crippen LogP contribution is -2.05. The summed E-state index contributed by atoms with van der Waals surface area (Å²) in [6, 6.07) is 23.7. The SMILES string of the molecule is BrCC(Cc1cccc2ccccc12)c1ccccc1Br. The van der Waals surface area contributed by atoms with Gasteiger partial charge >= 0.3 is 0 Å². The Hall–Kier alpha value is -1.12. The van der Waals surface area contributed by atoms with Crippen molar-refractivity contribution in [1.29, 1.82) is 0 Å². The van der Waals surface area contributed by atoms with Gasteiger partial charge in [0.2, 0.25) is 0 Å². The molecule has 0 nitrogen and oxygen atoms in total. The highest BCUT2D eigenvalue weighted by Gasteiger charge is 2.15. The van der Waals surface area contributed by atoms with E-state index in [1.54, 1.807) is 0 Å².